The average molecular weight is 538 g/mol. The van der Waals surface area contributed by atoms with E-state index in [1.54, 1.807) is 0 Å². The molecule has 198 valence electrons. The molecule has 1 heterocycles. The van der Waals surface area contributed by atoms with Crippen molar-refractivity contribution in [2.75, 3.05) is 4.90 Å². The summed E-state index contributed by atoms with van der Waals surface area (Å²) in [6.07, 6.45) is 0. The van der Waals surface area contributed by atoms with E-state index >= 15 is 0 Å². The van der Waals surface area contributed by atoms with Gasteiger partial charge in [0.05, 0.1) is 0 Å². The smallest absolute Gasteiger partial charge is 0.143 e. The van der Waals surface area contributed by atoms with Crippen molar-refractivity contribution in [3.8, 4) is 22.3 Å². The molecule has 0 atom stereocenters. The molecule has 0 aliphatic rings. The lowest BCUT2D eigenvalue weighted by atomic mass is 9.93. The molecule has 0 aliphatic heterocycles. The van der Waals surface area contributed by atoms with Gasteiger partial charge in [0.15, 0.2) is 0 Å². The minimum absolute atomic E-state index is 0.900. The molecule has 2 nitrogen and oxygen atoms in total. The molecular weight excluding hydrogens is 510 g/mol. The summed E-state index contributed by atoms with van der Waals surface area (Å²) in [6.45, 7) is 0. The van der Waals surface area contributed by atoms with Gasteiger partial charge in [-0.05, 0) is 76.2 Å². The Kier molecular flexibility index (Phi) is 5.82. The second kappa shape index (κ2) is 10.1. The lowest BCUT2D eigenvalue weighted by molar-refractivity contribution is 0.673. The minimum Gasteiger partial charge on any atom is -0.455 e. The molecule has 7 aromatic carbocycles. The number of hydrogen-bond acceptors (Lipinski definition) is 2. The first-order valence-electron chi connectivity index (χ1n) is 14.3. The van der Waals surface area contributed by atoms with Gasteiger partial charge >= 0.3 is 0 Å². The second-order valence-corrected chi connectivity index (χ2v) is 10.5. The van der Waals surface area contributed by atoms with Crippen LogP contribution in [0.1, 0.15) is 0 Å². The molecule has 0 amide bonds. The van der Waals surface area contributed by atoms with Gasteiger partial charge in [-0.25, -0.2) is 0 Å². The number of para-hydroxylation sites is 2. The third-order valence-corrected chi connectivity index (χ3v) is 8.05. The molecule has 42 heavy (non-hydrogen) atoms. The summed E-state index contributed by atoms with van der Waals surface area (Å²) in [5, 5.41) is 4.61. The van der Waals surface area contributed by atoms with Crippen LogP contribution < -0.4 is 4.90 Å². The van der Waals surface area contributed by atoms with Gasteiger partial charge in [0.1, 0.15) is 11.2 Å². The fourth-order valence-electron chi connectivity index (χ4n) is 6.14. The Hall–Kier alpha value is -5.60. The fourth-order valence-corrected chi connectivity index (χ4v) is 6.14. The van der Waals surface area contributed by atoms with Crippen molar-refractivity contribution < 1.29 is 4.42 Å². The molecular formula is C40H27NO. The molecule has 8 aromatic rings. The van der Waals surface area contributed by atoms with E-state index in [2.05, 4.69) is 169 Å². The lowest BCUT2D eigenvalue weighted by Gasteiger charge is -2.25. The Balaban J connectivity index is 1.31. The summed E-state index contributed by atoms with van der Waals surface area (Å²) in [5.74, 6) is 0. The highest BCUT2D eigenvalue weighted by atomic mass is 16.3. The highest BCUT2D eigenvalue weighted by molar-refractivity contribution is 6.22. The van der Waals surface area contributed by atoms with E-state index in [1.165, 1.54) is 16.5 Å². The first-order chi connectivity index (χ1) is 20.8. The van der Waals surface area contributed by atoms with E-state index in [-0.39, 0.29) is 0 Å². The normalized spacial score (nSPS) is 11.3. The number of anilines is 3. The quantitative estimate of drug-likeness (QED) is 0.217. The molecule has 0 saturated heterocycles. The summed E-state index contributed by atoms with van der Waals surface area (Å²) in [6, 6.07) is 57.7. The van der Waals surface area contributed by atoms with Crippen molar-refractivity contribution in [1.29, 1.82) is 0 Å². The Morgan fingerprint density at radius 1 is 0.381 bits per heavy atom. The van der Waals surface area contributed by atoms with Crippen LogP contribution >= 0.6 is 0 Å². The second-order valence-electron chi connectivity index (χ2n) is 10.5. The van der Waals surface area contributed by atoms with Gasteiger partial charge in [-0.2, -0.15) is 0 Å². The molecule has 1 aromatic heterocycles. The van der Waals surface area contributed by atoms with Crippen molar-refractivity contribution in [1.82, 2.24) is 0 Å². The van der Waals surface area contributed by atoms with Crippen LogP contribution in [0.5, 0.6) is 0 Å². The number of furan rings is 1. The summed E-state index contributed by atoms with van der Waals surface area (Å²) in [5.41, 5.74) is 9.93. The zero-order chi connectivity index (χ0) is 27.9. The molecule has 0 N–H and O–H groups in total. The Labute approximate surface area is 244 Å². The number of benzene rings is 7. The molecule has 0 aliphatic carbocycles. The van der Waals surface area contributed by atoms with Crippen molar-refractivity contribution in [2.45, 2.75) is 0 Å². The molecule has 0 radical (unpaired) electrons. The zero-order valence-electron chi connectivity index (χ0n) is 22.9. The van der Waals surface area contributed by atoms with E-state index in [4.69, 9.17) is 4.42 Å². The number of hydrogen-bond donors (Lipinski definition) is 0. The van der Waals surface area contributed by atoms with Crippen LogP contribution in [-0.2, 0) is 0 Å². The third-order valence-electron chi connectivity index (χ3n) is 8.05. The molecule has 2 heteroatoms. The van der Waals surface area contributed by atoms with Crippen LogP contribution in [0.2, 0.25) is 0 Å². The van der Waals surface area contributed by atoms with Gasteiger partial charge in [0, 0.05) is 33.2 Å². The third kappa shape index (κ3) is 4.05. The van der Waals surface area contributed by atoms with Gasteiger partial charge in [-0.15, -0.1) is 0 Å². The van der Waals surface area contributed by atoms with Crippen LogP contribution in [0, 0.1) is 0 Å². The Bertz CT molecular complexity index is 2120. The fraction of sp³-hybridized carbons (Fsp3) is 0. The SMILES string of the molecule is c1ccc(-c2cc3c(oc4cccc(-c5ccc(N(c6ccccc6)c6ccccc6)cc5)c43)c3ccccc23)cc1. The van der Waals surface area contributed by atoms with E-state index in [0.717, 1.165) is 55.5 Å². The van der Waals surface area contributed by atoms with Crippen LogP contribution in [0.15, 0.2) is 168 Å². The van der Waals surface area contributed by atoms with Crippen LogP contribution in [0.3, 0.4) is 0 Å². The number of rotatable bonds is 5. The Morgan fingerprint density at radius 3 is 1.60 bits per heavy atom. The van der Waals surface area contributed by atoms with Crippen molar-refractivity contribution >= 4 is 49.8 Å². The first kappa shape index (κ1) is 24.2. The largest absolute Gasteiger partial charge is 0.455 e. The summed E-state index contributed by atoms with van der Waals surface area (Å²) in [4.78, 5) is 2.29. The van der Waals surface area contributed by atoms with Gasteiger partial charge in [0.2, 0.25) is 0 Å². The van der Waals surface area contributed by atoms with Crippen molar-refractivity contribution in [3.63, 3.8) is 0 Å². The summed E-state index contributed by atoms with van der Waals surface area (Å²) < 4.78 is 6.59. The van der Waals surface area contributed by atoms with Crippen LogP contribution in [-0.4, -0.2) is 0 Å². The zero-order valence-corrected chi connectivity index (χ0v) is 22.9. The standard InChI is InChI=1S/C40H27NO/c1-4-13-28(14-5-1)36-27-37-39-33(21-12-22-38(39)42-40(37)35-20-11-10-19-34(35)36)29-23-25-32(26-24-29)41(30-15-6-2-7-16-30)31-17-8-3-9-18-31/h1-27H. The molecule has 0 saturated carbocycles. The van der Waals surface area contributed by atoms with Crippen LogP contribution in [0.4, 0.5) is 17.1 Å². The van der Waals surface area contributed by atoms with Gasteiger partial charge < -0.3 is 9.32 Å². The highest BCUT2D eigenvalue weighted by Crippen LogP contribution is 2.43. The van der Waals surface area contributed by atoms with Crippen molar-refractivity contribution in [2.24, 2.45) is 0 Å². The summed E-state index contributed by atoms with van der Waals surface area (Å²) in [7, 11) is 0. The molecule has 0 unspecified atom stereocenters. The molecule has 0 bridgehead atoms. The van der Waals surface area contributed by atoms with Crippen molar-refractivity contribution in [3.05, 3.63) is 164 Å². The van der Waals surface area contributed by atoms with E-state index in [0.29, 0.717) is 0 Å². The highest BCUT2D eigenvalue weighted by Gasteiger charge is 2.18. The average Bonchev–Trinajstić information content (AvgIpc) is 3.46. The lowest BCUT2D eigenvalue weighted by Crippen LogP contribution is -2.09. The predicted octanol–water partition coefficient (Wildman–Crippen LogP) is 11.5. The summed E-state index contributed by atoms with van der Waals surface area (Å²) >= 11 is 0. The topological polar surface area (TPSA) is 16.4 Å². The van der Waals surface area contributed by atoms with E-state index in [1.807, 2.05) is 0 Å². The minimum atomic E-state index is 0.900. The van der Waals surface area contributed by atoms with Crippen LogP contribution in [0.25, 0.3) is 55.0 Å². The number of fused-ring (bicyclic) bond motifs is 5. The van der Waals surface area contributed by atoms with E-state index in [9.17, 15) is 0 Å². The maximum absolute atomic E-state index is 6.59. The molecule has 0 fully saturated rings. The Morgan fingerprint density at radius 2 is 0.929 bits per heavy atom. The maximum atomic E-state index is 6.59. The van der Waals surface area contributed by atoms with Gasteiger partial charge in [0.25, 0.3) is 0 Å². The van der Waals surface area contributed by atoms with E-state index < -0.39 is 0 Å². The van der Waals surface area contributed by atoms with Gasteiger partial charge in [-0.1, -0.05) is 115 Å². The molecule has 0 spiro atoms. The maximum Gasteiger partial charge on any atom is 0.143 e. The monoisotopic (exact) mass is 537 g/mol. The number of nitrogens with zero attached hydrogens (tertiary/aromatic N) is 1. The van der Waals surface area contributed by atoms with Gasteiger partial charge in [-0.3, -0.25) is 0 Å². The first-order valence-corrected chi connectivity index (χ1v) is 14.3. The molecule has 8 rings (SSSR count). The predicted molar refractivity (Wildman–Crippen MR) is 177 cm³/mol.